The smallest absolute Gasteiger partial charge is 0.182 e. The number of benzene rings is 2. The summed E-state index contributed by atoms with van der Waals surface area (Å²) in [6, 6.07) is 12.2. The average molecular weight is 361 g/mol. The fourth-order valence-corrected chi connectivity index (χ4v) is 2.38. The van der Waals surface area contributed by atoms with Gasteiger partial charge in [-0.2, -0.15) is 0 Å². The lowest BCUT2D eigenvalue weighted by atomic mass is 10.1. The topological polar surface area (TPSA) is 21.7 Å². The lowest BCUT2D eigenvalue weighted by molar-refractivity contribution is 0.114. The molecule has 0 saturated carbocycles. The standard InChI is InChI=1S/C21H25F2NO2/c1-16-13-20(23)8-7-19(16)14-24(3)17(2)26-15-18-5-9-21(10-6-18)25-12-4-11-22/h5-10,13H,2,4,11-12,14-15H2,1,3H3. The number of rotatable bonds is 10. The molecule has 0 atom stereocenters. The first-order valence-corrected chi connectivity index (χ1v) is 8.55. The molecule has 0 aliphatic carbocycles. The van der Waals surface area contributed by atoms with Crippen LogP contribution in [0.25, 0.3) is 0 Å². The molecule has 5 heteroatoms. The third-order valence-corrected chi connectivity index (χ3v) is 4.01. The summed E-state index contributed by atoms with van der Waals surface area (Å²) < 4.78 is 36.4. The van der Waals surface area contributed by atoms with Crippen LogP contribution in [0.1, 0.15) is 23.1 Å². The summed E-state index contributed by atoms with van der Waals surface area (Å²) in [7, 11) is 1.88. The Kier molecular flexibility index (Phi) is 7.45. The van der Waals surface area contributed by atoms with Gasteiger partial charge in [-0.05, 0) is 54.5 Å². The van der Waals surface area contributed by atoms with E-state index in [-0.39, 0.29) is 12.5 Å². The molecule has 0 bridgehead atoms. The molecule has 0 amide bonds. The van der Waals surface area contributed by atoms with Gasteiger partial charge >= 0.3 is 0 Å². The number of ether oxygens (including phenoxy) is 2. The first-order valence-electron chi connectivity index (χ1n) is 8.55. The monoisotopic (exact) mass is 361 g/mol. The summed E-state index contributed by atoms with van der Waals surface area (Å²) in [6.07, 6.45) is 0.393. The van der Waals surface area contributed by atoms with Crippen LogP contribution in [0.3, 0.4) is 0 Å². The third kappa shape index (κ3) is 6.06. The minimum absolute atomic E-state index is 0.235. The SMILES string of the molecule is C=C(OCc1ccc(OCCCF)cc1)N(C)Cc1ccc(F)cc1C. The zero-order valence-electron chi connectivity index (χ0n) is 15.3. The van der Waals surface area contributed by atoms with E-state index in [0.29, 0.717) is 37.8 Å². The maximum atomic E-state index is 13.2. The zero-order chi connectivity index (χ0) is 18.9. The second-order valence-corrected chi connectivity index (χ2v) is 6.14. The highest BCUT2D eigenvalue weighted by molar-refractivity contribution is 5.28. The third-order valence-electron chi connectivity index (χ3n) is 4.01. The van der Waals surface area contributed by atoms with Gasteiger partial charge < -0.3 is 14.4 Å². The summed E-state index contributed by atoms with van der Waals surface area (Å²) in [4.78, 5) is 1.88. The normalized spacial score (nSPS) is 10.5. The fourth-order valence-electron chi connectivity index (χ4n) is 2.38. The predicted molar refractivity (Wildman–Crippen MR) is 99.1 cm³/mol. The number of aryl methyl sites for hydroxylation is 1. The summed E-state index contributed by atoms with van der Waals surface area (Å²) in [5.41, 5.74) is 2.90. The number of hydrogen-bond donors (Lipinski definition) is 0. The molecule has 0 saturated heterocycles. The van der Waals surface area contributed by atoms with E-state index in [2.05, 4.69) is 6.58 Å². The van der Waals surface area contributed by atoms with Crippen LogP contribution in [0.4, 0.5) is 8.78 Å². The van der Waals surface area contributed by atoms with Crippen molar-refractivity contribution >= 4 is 0 Å². The van der Waals surface area contributed by atoms with Gasteiger partial charge in [-0.1, -0.05) is 18.2 Å². The predicted octanol–water partition coefficient (Wildman–Crippen LogP) is 4.99. The van der Waals surface area contributed by atoms with Crippen LogP contribution in [0.5, 0.6) is 5.75 Å². The van der Waals surface area contributed by atoms with Gasteiger partial charge in [0, 0.05) is 20.0 Å². The molecule has 2 rings (SSSR count). The summed E-state index contributed by atoms with van der Waals surface area (Å²) in [5.74, 6) is 1.02. The minimum Gasteiger partial charge on any atom is -0.494 e. The fraction of sp³-hybridized carbons (Fsp3) is 0.333. The second-order valence-electron chi connectivity index (χ2n) is 6.14. The van der Waals surface area contributed by atoms with Crippen molar-refractivity contribution in [1.29, 1.82) is 0 Å². The number of nitrogens with zero attached hydrogens (tertiary/aromatic N) is 1. The van der Waals surface area contributed by atoms with E-state index < -0.39 is 0 Å². The number of hydrogen-bond acceptors (Lipinski definition) is 3. The van der Waals surface area contributed by atoms with Crippen molar-refractivity contribution in [1.82, 2.24) is 4.90 Å². The molecule has 2 aromatic rings. The van der Waals surface area contributed by atoms with Crippen LogP contribution < -0.4 is 4.74 Å². The van der Waals surface area contributed by atoms with Crippen LogP contribution in [0.15, 0.2) is 54.9 Å². The molecular formula is C21H25F2NO2. The van der Waals surface area contributed by atoms with Gasteiger partial charge in [-0.3, -0.25) is 4.39 Å². The summed E-state index contributed by atoms with van der Waals surface area (Å²) >= 11 is 0. The first kappa shape index (κ1) is 19.8. The van der Waals surface area contributed by atoms with Gasteiger partial charge in [0.2, 0.25) is 0 Å². The number of halogens is 2. The molecule has 140 valence electrons. The van der Waals surface area contributed by atoms with E-state index in [0.717, 1.165) is 16.7 Å². The van der Waals surface area contributed by atoms with Crippen LogP contribution in [0.2, 0.25) is 0 Å². The second kappa shape index (κ2) is 9.80. The molecule has 0 fully saturated rings. The van der Waals surface area contributed by atoms with E-state index >= 15 is 0 Å². The van der Waals surface area contributed by atoms with Crippen molar-refractivity contribution in [3.05, 3.63) is 77.4 Å². The van der Waals surface area contributed by atoms with Crippen LogP contribution in [-0.4, -0.2) is 25.2 Å². The van der Waals surface area contributed by atoms with Crippen molar-refractivity contribution in [3.8, 4) is 5.75 Å². The van der Waals surface area contributed by atoms with Gasteiger partial charge in [0.15, 0.2) is 5.88 Å². The van der Waals surface area contributed by atoms with Crippen LogP contribution in [-0.2, 0) is 17.9 Å². The Morgan fingerprint density at radius 2 is 1.88 bits per heavy atom. The van der Waals surface area contributed by atoms with Crippen molar-refractivity contribution in [2.24, 2.45) is 0 Å². The molecule has 0 unspecified atom stereocenters. The van der Waals surface area contributed by atoms with Gasteiger partial charge in [0.25, 0.3) is 0 Å². The zero-order valence-corrected chi connectivity index (χ0v) is 15.3. The maximum Gasteiger partial charge on any atom is 0.182 e. The molecule has 2 aromatic carbocycles. The largest absolute Gasteiger partial charge is 0.494 e. The number of alkyl halides is 1. The maximum absolute atomic E-state index is 13.2. The highest BCUT2D eigenvalue weighted by Crippen LogP contribution is 2.17. The van der Waals surface area contributed by atoms with Crippen LogP contribution in [0, 0.1) is 12.7 Å². The molecule has 0 N–H and O–H groups in total. The molecule has 0 heterocycles. The lowest BCUT2D eigenvalue weighted by Crippen LogP contribution is -2.19. The van der Waals surface area contributed by atoms with Crippen molar-refractivity contribution in [2.75, 3.05) is 20.3 Å². The molecule has 0 aliphatic rings. The Hall–Kier alpha value is -2.56. The van der Waals surface area contributed by atoms with Gasteiger partial charge in [-0.15, -0.1) is 0 Å². The molecule has 0 aliphatic heterocycles. The van der Waals surface area contributed by atoms with E-state index in [4.69, 9.17) is 9.47 Å². The quantitative estimate of drug-likeness (QED) is 0.439. The van der Waals surface area contributed by atoms with Crippen LogP contribution >= 0.6 is 0 Å². The summed E-state index contributed by atoms with van der Waals surface area (Å²) in [6.45, 7) is 6.80. The van der Waals surface area contributed by atoms with Gasteiger partial charge in [0.05, 0.1) is 13.3 Å². The molecule has 3 nitrogen and oxygen atoms in total. The Bertz CT molecular complexity index is 716. The van der Waals surface area contributed by atoms with Gasteiger partial charge in [0.1, 0.15) is 18.2 Å². The lowest BCUT2D eigenvalue weighted by Gasteiger charge is -2.22. The highest BCUT2D eigenvalue weighted by atomic mass is 19.1. The first-order chi connectivity index (χ1) is 12.5. The molecule has 0 radical (unpaired) electrons. The Labute approximate surface area is 153 Å². The van der Waals surface area contributed by atoms with E-state index in [9.17, 15) is 8.78 Å². The van der Waals surface area contributed by atoms with Gasteiger partial charge in [-0.25, -0.2) is 4.39 Å². The van der Waals surface area contributed by atoms with Crippen molar-refractivity contribution < 1.29 is 18.3 Å². The Morgan fingerprint density at radius 1 is 1.15 bits per heavy atom. The highest BCUT2D eigenvalue weighted by Gasteiger charge is 2.08. The van der Waals surface area contributed by atoms with Crippen molar-refractivity contribution in [2.45, 2.75) is 26.5 Å². The summed E-state index contributed by atoms with van der Waals surface area (Å²) in [5, 5.41) is 0. The minimum atomic E-state index is -0.376. The molecular weight excluding hydrogens is 336 g/mol. The molecule has 0 spiro atoms. The van der Waals surface area contributed by atoms with E-state index in [1.54, 1.807) is 6.07 Å². The Morgan fingerprint density at radius 3 is 2.54 bits per heavy atom. The molecule has 26 heavy (non-hydrogen) atoms. The Balaban J connectivity index is 1.81. The van der Waals surface area contributed by atoms with E-state index in [1.165, 1.54) is 12.1 Å². The van der Waals surface area contributed by atoms with E-state index in [1.807, 2.05) is 43.1 Å². The van der Waals surface area contributed by atoms with Crippen molar-refractivity contribution in [3.63, 3.8) is 0 Å². The molecule has 0 aromatic heterocycles. The average Bonchev–Trinajstić information content (AvgIpc) is 2.63.